The van der Waals surface area contributed by atoms with E-state index in [-0.39, 0.29) is 12.4 Å². The predicted molar refractivity (Wildman–Crippen MR) is 88.0 cm³/mol. The number of halogens is 1. The van der Waals surface area contributed by atoms with Gasteiger partial charge in [0, 0.05) is 26.2 Å². The Morgan fingerprint density at radius 2 is 1.90 bits per heavy atom. The summed E-state index contributed by atoms with van der Waals surface area (Å²) in [5.41, 5.74) is 0.622. The Hall–Kier alpha value is 0.170. The SMILES string of the molecule is CC1(C)C2CCC(CCOCCN3CCOCC3)C1C2.Cl. The molecule has 3 nitrogen and oxygen atoms in total. The molecule has 0 radical (unpaired) electrons. The van der Waals surface area contributed by atoms with Gasteiger partial charge in [-0.2, -0.15) is 0 Å². The number of ether oxygens (including phenoxy) is 2. The molecule has 4 aliphatic rings. The van der Waals surface area contributed by atoms with Gasteiger partial charge in [0.15, 0.2) is 0 Å². The molecule has 1 saturated heterocycles. The van der Waals surface area contributed by atoms with Crippen LogP contribution in [0.1, 0.15) is 39.5 Å². The van der Waals surface area contributed by atoms with Crippen LogP contribution >= 0.6 is 12.4 Å². The first kappa shape index (κ1) is 17.5. The highest BCUT2D eigenvalue weighted by molar-refractivity contribution is 5.85. The summed E-state index contributed by atoms with van der Waals surface area (Å²) in [4.78, 5) is 2.45. The van der Waals surface area contributed by atoms with Gasteiger partial charge in [0.1, 0.15) is 0 Å². The smallest absolute Gasteiger partial charge is 0.0594 e. The van der Waals surface area contributed by atoms with E-state index in [9.17, 15) is 0 Å². The fourth-order valence-corrected chi connectivity index (χ4v) is 4.66. The summed E-state index contributed by atoms with van der Waals surface area (Å²) in [7, 11) is 0. The summed E-state index contributed by atoms with van der Waals surface area (Å²) < 4.78 is 11.3. The highest BCUT2D eigenvalue weighted by Gasteiger charge is 2.53. The van der Waals surface area contributed by atoms with Crippen molar-refractivity contribution in [2.45, 2.75) is 39.5 Å². The van der Waals surface area contributed by atoms with Gasteiger partial charge in [-0.05, 0) is 48.9 Å². The molecule has 0 aromatic carbocycles. The van der Waals surface area contributed by atoms with Gasteiger partial charge < -0.3 is 9.47 Å². The minimum absolute atomic E-state index is 0. The second-order valence-corrected chi connectivity index (χ2v) is 7.55. The summed E-state index contributed by atoms with van der Waals surface area (Å²) in [6.45, 7) is 11.8. The molecule has 1 heterocycles. The molecule has 21 heavy (non-hydrogen) atoms. The number of hydrogen-bond acceptors (Lipinski definition) is 3. The fourth-order valence-electron chi connectivity index (χ4n) is 4.66. The van der Waals surface area contributed by atoms with E-state index in [0.717, 1.165) is 63.8 Å². The number of nitrogens with zero attached hydrogens (tertiary/aromatic N) is 1. The van der Waals surface area contributed by atoms with Crippen molar-refractivity contribution >= 4 is 12.4 Å². The van der Waals surface area contributed by atoms with Gasteiger partial charge in [-0.15, -0.1) is 12.4 Å². The third kappa shape index (κ3) is 3.93. The third-order valence-electron chi connectivity index (χ3n) is 6.29. The van der Waals surface area contributed by atoms with Crippen molar-refractivity contribution in [3.8, 4) is 0 Å². The number of hydrogen-bond donors (Lipinski definition) is 0. The molecule has 4 heteroatoms. The molecular weight excluding hydrogens is 286 g/mol. The lowest BCUT2D eigenvalue weighted by Gasteiger charge is -2.60. The molecule has 0 aromatic heterocycles. The molecule has 4 fully saturated rings. The molecule has 3 atom stereocenters. The van der Waals surface area contributed by atoms with Gasteiger partial charge >= 0.3 is 0 Å². The second kappa shape index (κ2) is 7.63. The Morgan fingerprint density at radius 3 is 2.57 bits per heavy atom. The minimum atomic E-state index is 0. The highest BCUT2D eigenvalue weighted by atomic mass is 35.5. The van der Waals surface area contributed by atoms with E-state index in [1.54, 1.807) is 0 Å². The van der Waals surface area contributed by atoms with Crippen LogP contribution in [0.15, 0.2) is 0 Å². The number of fused-ring (bicyclic) bond motifs is 2. The maximum Gasteiger partial charge on any atom is 0.0594 e. The molecule has 3 aliphatic carbocycles. The van der Waals surface area contributed by atoms with E-state index in [0.29, 0.717) is 5.41 Å². The molecule has 0 amide bonds. The second-order valence-electron chi connectivity index (χ2n) is 7.55. The zero-order valence-electron chi connectivity index (χ0n) is 13.7. The van der Waals surface area contributed by atoms with Crippen molar-refractivity contribution in [1.29, 1.82) is 0 Å². The van der Waals surface area contributed by atoms with E-state index in [4.69, 9.17) is 9.47 Å². The van der Waals surface area contributed by atoms with Crippen LogP contribution < -0.4 is 0 Å². The van der Waals surface area contributed by atoms with Crippen molar-refractivity contribution in [3.63, 3.8) is 0 Å². The molecule has 124 valence electrons. The fraction of sp³-hybridized carbons (Fsp3) is 1.00. The maximum atomic E-state index is 5.89. The van der Waals surface area contributed by atoms with Crippen LogP contribution in [0.2, 0.25) is 0 Å². The van der Waals surface area contributed by atoms with Crippen LogP contribution in [-0.2, 0) is 9.47 Å². The van der Waals surface area contributed by atoms with Crippen molar-refractivity contribution < 1.29 is 9.47 Å². The molecule has 3 unspecified atom stereocenters. The summed E-state index contributed by atoms with van der Waals surface area (Å²) in [5.74, 6) is 2.92. The largest absolute Gasteiger partial charge is 0.380 e. The number of rotatable bonds is 6. The minimum Gasteiger partial charge on any atom is -0.380 e. The Morgan fingerprint density at radius 1 is 1.14 bits per heavy atom. The van der Waals surface area contributed by atoms with Crippen molar-refractivity contribution in [3.05, 3.63) is 0 Å². The van der Waals surface area contributed by atoms with Crippen molar-refractivity contribution in [2.75, 3.05) is 46.1 Å². The third-order valence-corrected chi connectivity index (χ3v) is 6.29. The van der Waals surface area contributed by atoms with Crippen LogP contribution in [-0.4, -0.2) is 51.0 Å². The first-order chi connectivity index (χ1) is 9.68. The van der Waals surface area contributed by atoms with Gasteiger partial charge in [0.2, 0.25) is 0 Å². The summed E-state index contributed by atoms with van der Waals surface area (Å²) >= 11 is 0. The van der Waals surface area contributed by atoms with E-state index >= 15 is 0 Å². The average Bonchev–Trinajstić information content (AvgIpc) is 2.48. The molecule has 2 bridgehead atoms. The molecule has 1 aliphatic heterocycles. The predicted octanol–water partition coefficient (Wildman–Crippen LogP) is 3.22. The zero-order chi connectivity index (χ0) is 14.0. The summed E-state index contributed by atoms with van der Waals surface area (Å²) in [5, 5.41) is 0. The van der Waals surface area contributed by atoms with Gasteiger partial charge in [-0.3, -0.25) is 4.90 Å². The zero-order valence-corrected chi connectivity index (χ0v) is 14.5. The van der Waals surface area contributed by atoms with Crippen molar-refractivity contribution in [1.82, 2.24) is 4.90 Å². The topological polar surface area (TPSA) is 21.7 Å². The first-order valence-electron chi connectivity index (χ1n) is 8.56. The Labute approximate surface area is 136 Å². The van der Waals surface area contributed by atoms with Gasteiger partial charge in [0.25, 0.3) is 0 Å². The molecular formula is C17H32ClNO2. The van der Waals surface area contributed by atoms with Crippen LogP contribution in [0, 0.1) is 23.2 Å². The normalized spacial score (nSPS) is 34.9. The lowest BCUT2D eigenvalue weighted by molar-refractivity contribution is -0.111. The van der Waals surface area contributed by atoms with Gasteiger partial charge in [-0.25, -0.2) is 0 Å². The average molecular weight is 318 g/mol. The lowest BCUT2D eigenvalue weighted by atomic mass is 9.45. The van der Waals surface area contributed by atoms with E-state index in [2.05, 4.69) is 18.7 Å². The molecule has 0 aromatic rings. The maximum absolute atomic E-state index is 5.89. The highest BCUT2D eigenvalue weighted by Crippen LogP contribution is 2.61. The van der Waals surface area contributed by atoms with Crippen molar-refractivity contribution in [2.24, 2.45) is 23.2 Å². The van der Waals surface area contributed by atoms with E-state index in [1.807, 2.05) is 0 Å². The first-order valence-corrected chi connectivity index (χ1v) is 8.56. The standard InChI is InChI=1S/C17H31NO2.ClH/c1-17(2)15-4-3-14(16(17)13-15)5-9-19-10-6-18-7-11-20-12-8-18;/h14-16H,3-13H2,1-2H3;1H. The Balaban J connectivity index is 0.00000161. The molecule has 0 spiro atoms. The van der Waals surface area contributed by atoms with Crippen LogP contribution in [0.4, 0.5) is 0 Å². The molecule has 4 rings (SSSR count). The Kier molecular flexibility index (Phi) is 6.37. The van der Waals surface area contributed by atoms with Gasteiger partial charge in [0.05, 0.1) is 19.8 Å². The van der Waals surface area contributed by atoms with Crippen LogP contribution in [0.3, 0.4) is 0 Å². The van der Waals surface area contributed by atoms with E-state index in [1.165, 1.54) is 25.7 Å². The Bertz CT molecular complexity index is 316. The summed E-state index contributed by atoms with van der Waals surface area (Å²) in [6, 6.07) is 0. The lowest BCUT2D eigenvalue weighted by Crippen LogP contribution is -2.52. The van der Waals surface area contributed by atoms with Gasteiger partial charge in [-0.1, -0.05) is 13.8 Å². The van der Waals surface area contributed by atoms with Crippen LogP contribution in [0.5, 0.6) is 0 Å². The molecule has 0 N–H and O–H groups in total. The quantitative estimate of drug-likeness (QED) is 0.702. The molecule has 3 saturated carbocycles. The number of morpholine rings is 1. The monoisotopic (exact) mass is 317 g/mol. The van der Waals surface area contributed by atoms with Crippen LogP contribution in [0.25, 0.3) is 0 Å². The summed E-state index contributed by atoms with van der Waals surface area (Å²) in [6.07, 6.45) is 5.68. The van der Waals surface area contributed by atoms with E-state index < -0.39 is 0 Å².